The summed E-state index contributed by atoms with van der Waals surface area (Å²) in [5.74, 6) is -2.13. The summed E-state index contributed by atoms with van der Waals surface area (Å²) in [6.07, 6.45) is -9.31. The Morgan fingerprint density at radius 1 is 1.00 bits per heavy atom. The second kappa shape index (κ2) is 8.24. The average molecular weight is 591 g/mol. The molecule has 1 aromatic rings. The van der Waals surface area contributed by atoms with Crippen LogP contribution in [0.1, 0.15) is 5.69 Å². The van der Waals surface area contributed by atoms with Gasteiger partial charge in [-0.3, -0.25) is 4.79 Å². The SMILES string of the molecule is Nc1nc(C(F)(F)F)c(Br)nc1Br.O=C(C(Br)Br)C(F)(F)F. The zero-order chi connectivity index (χ0) is 17.9. The molecule has 0 radical (unpaired) electrons. The van der Waals surface area contributed by atoms with Gasteiger partial charge < -0.3 is 5.73 Å². The van der Waals surface area contributed by atoms with Crippen LogP contribution < -0.4 is 5.73 Å². The first-order valence-electron chi connectivity index (χ1n) is 4.62. The van der Waals surface area contributed by atoms with E-state index in [2.05, 4.69) is 73.7 Å². The van der Waals surface area contributed by atoms with E-state index in [0.717, 1.165) is 0 Å². The van der Waals surface area contributed by atoms with E-state index in [4.69, 9.17) is 5.73 Å². The molecule has 0 aliphatic carbocycles. The van der Waals surface area contributed by atoms with Gasteiger partial charge >= 0.3 is 12.4 Å². The van der Waals surface area contributed by atoms with Gasteiger partial charge in [0.25, 0.3) is 5.78 Å². The summed E-state index contributed by atoms with van der Waals surface area (Å²) in [4.78, 5) is 16.6. The minimum absolute atomic E-state index is 0.0763. The fourth-order valence-corrected chi connectivity index (χ4v) is 2.23. The van der Waals surface area contributed by atoms with E-state index in [-0.39, 0.29) is 15.0 Å². The van der Waals surface area contributed by atoms with E-state index in [0.29, 0.717) is 0 Å². The first-order valence-corrected chi connectivity index (χ1v) is 8.04. The third kappa shape index (κ3) is 7.08. The number of aromatic nitrogens is 2. The van der Waals surface area contributed by atoms with Gasteiger partial charge in [0.2, 0.25) is 0 Å². The van der Waals surface area contributed by atoms with Crippen molar-refractivity contribution in [3.05, 3.63) is 14.9 Å². The Balaban J connectivity index is 0.000000433. The van der Waals surface area contributed by atoms with Crippen molar-refractivity contribution >= 4 is 75.3 Å². The lowest BCUT2D eigenvalue weighted by Crippen LogP contribution is -2.27. The molecule has 2 N–H and O–H groups in total. The van der Waals surface area contributed by atoms with Gasteiger partial charge in [-0.05, 0) is 31.9 Å². The molecule has 4 nitrogen and oxygen atoms in total. The Morgan fingerprint density at radius 2 is 1.45 bits per heavy atom. The minimum atomic E-state index is -4.75. The zero-order valence-corrected chi connectivity index (χ0v) is 16.1. The molecular weight excluding hydrogens is 588 g/mol. The van der Waals surface area contributed by atoms with Crippen LogP contribution in [-0.2, 0) is 11.0 Å². The number of carbonyl (C=O) groups is 1. The maximum Gasteiger partial charge on any atom is 0.452 e. The number of hydrogen-bond acceptors (Lipinski definition) is 4. The molecule has 0 aliphatic heterocycles. The average Bonchev–Trinajstić information content (AvgIpc) is 2.31. The van der Waals surface area contributed by atoms with Crippen LogP contribution in [-0.4, -0.2) is 25.7 Å². The normalized spacial score (nSPS) is 12.0. The summed E-state index contributed by atoms with van der Waals surface area (Å²) in [5, 5.41) is 0. The number of rotatable bonds is 1. The lowest BCUT2D eigenvalue weighted by molar-refractivity contribution is -0.168. The highest BCUT2D eigenvalue weighted by Gasteiger charge is 2.41. The van der Waals surface area contributed by atoms with Crippen molar-refractivity contribution in [3.8, 4) is 0 Å². The van der Waals surface area contributed by atoms with Crippen molar-refractivity contribution in [1.82, 2.24) is 9.97 Å². The lowest BCUT2D eigenvalue weighted by Gasteiger charge is -2.08. The molecule has 0 bridgehead atoms. The van der Waals surface area contributed by atoms with Crippen molar-refractivity contribution in [3.63, 3.8) is 0 Å². The number of nitrogens with zero attached hydrogens (tertiary/aromatic N) is 2. The van der Waals surface area contributed by atoms with Crippen LogP contribution in [0.3, 0.4) is 0 Å². The van der Waals surface area contributed by atoms with Gasteiger partial charge in [0, 0.05) is 0 Å². The monoisotopic (exact) mass is 587 g/mol. The van der Waals surface area contributed by atoms with Crippen LogP contribution in [0.2, 0.25) is 0 Å². The van der Waals surface area contributed by atoms with Crippen LogP contribution >= 0.6 is 63.7 Å². The number of carbonyl (C=O) groups excluding carboxylic acids is 1. The zero-order valence-electron chi connectivity index (χ0n) is 9.74. The summed E-state index contributed by atoms with van der Waals surface area (Å²) in [7, 11) is 0. The highest BCUT2D eigenvalue weighted by atomic mass is 79.9. The van der Waals surface area contributed by atoms with Gasteiger partial charge in [0.05, 0.1) is 0 Å². The van der Waals surface area contributed by atoms with Gasteiger partial charge in [0.15, 0.2) is 11.5 Å². The topological polar surface area (TPSA) is 68.9 Å². The molecule has 0 saturated carbocycles. The maximum atomic E-state index is 12.2. The van der Waals surface area contributed by atoms with E-state index in [1.54, 1.807) is 0 Å². The minimum Gasteiger partial charge on any atom is -0.381 e. The molecule has 126 valence electrons. The summed E-state index contributed by atoms with van der Waals surface area (Å²) in [6, 6.07) is 0. The van der Waals surface area contributed by atoms with Crippen LogP contribution in [0, 0.1) is 0 Å². The molecule has 1 heterocycles. The highest BCUT2D eigenvalue weighted by Crippen LogP contribution is 2.34. The number of hydrogen-bond donors (Lipinski definition) is 1. The fourth-order valence-electron chi connectivity index (χ4n) is 0.713. The Hall–Kier alpha value is 0.0500. The van der Waals surface area contributed by atoms with E-state index >= 15 is 0 Å². The van der Waals surface area contributed by atoms with Crippen molar-refractivity contribution in [2.45, 2.75) is 16.1 Å². The molecule has 1 rings (SSSR count). The molecule has 0 fully saturated rings. The van der Waals surface area contributed by atoms with Gasteiger partial charge in [-0.2, -0.15) is 26.3 Å². The standard InChI is InChI=1S/C5H2Br2F3N3.C3HBr2F3O/c6-2-1(5(8,9)10)12-4(11)3(7)13-2;4-2(5)1(9)3(6,7)8/h(H2,11,12);2H. The molecule has 0 aromatic carbocycles. The Morgan fingerprint density at radius 3 is 1.73 bits per heavy atom. The van der Waals surface area contributed by atoms with Crippen LogP contribution in [0.4, 0.5) is 32.2 Å². The number of nitrogens with two attached hydrogens (primary N) is 1. The van der Waals surface area contributed by atoms with E-state index in [1.807, 2.05) is 0 Å². The predicted molar refractivity (Wildman–Crippen MR) is 79.6 cm³/mol. The Kier molecular flexibility index (Phi) is 8.26. The van der Waals surface area contributed by atoms with E-state index < -0.39 is 27.6 Å². The summed E-state index contributed by atoms with van der Waals surface area (Å²) in [5.41, 5.74) is 4.01. The number of Topliss-reactive ketones (excluding diaryl/α,β-unsaturated/α-hetero) is 1. The Labute approximate surface area is 152 Å². The summed E-state index contributed by atoms with van der Waals surface area (Å²) < 4.78 is 68.7. The molecule has 0 amide bonds. The smallest absolute Gasteiger partial charge is 0.381 e. The molecule has 0 spiro atoms. The van der Waals surface area contributed by atoms with E-state index in [1.165, 1.54) is 0 Å². The van der Waals surface area contributed by atoms with Crippen LogP contribution in [0.25, 0.3) is 0 Å². The summed E-state index contributed by atoms with van der Waals surface area (Å²) >= 11 is 10.3. The number of nitrogen functional groups attached to an aromatic ring is 1. The van der Waals surface area contributed by atoms with Gasteiger partial charge in [0.1, 0.15) is 12.9 Å². The molecule has 0 saturated heterocycles. The van der Waals surface area contributed by atoms with Crippen molar-refractivity contribution in [2.75, 3.05) is 5.73 Å². The number of halogens is 10. The van der Waals surface area contributed by atoms with E-state index in [9.17, 15) is 31.1 Å². The van der Waals surface area contributed by atoms with Crippen molar-refractivity contribution in [1.29, 1.82) is 0 Å². The lowest BCUT2D eigenvalue weighted by atomic mass is 10.4. The second-order valence-corrected chi connectivity index (χ2v) is 7.76. The quantitative estimate of drug-likeness (QED) is 0.376. The number of alkyl halides is 8. The van der Waals surface area contributed by atoms with Gasteiger partial charge in [-0.25, -0.2) is 9.97 Å². The third-order valence-electron chi connectivity index (χ3n) is 1.58. The molecule has 14 heteroatoms. The Bertz CT molecular complexity index is 548. The van der Waals surface area contributed by atoms with Crippen LogP contribution in [0.5, 0.6) is 0 Å². The molecular formula is C8H3Br4F6N3O. The molecule has 1 aromatic heterocycles. The van der Waals surface area contributed by atoms with Gasteiger partial charge in [-0.1, -0.05) is 31.9 Å². The number of ketones is 1. The molecule has 0 unspecified atom stereocenters. The largest absolute Gasteiger partial charge is 0.452 e. The first kappa shape index (κ1) is 22.1. The third-order valence-corrected chi connectivity index (χ3v) is 3.55. The molecule has 0 atom stereocenters. The maximum absolute atomic E-state index is 12.2. The predicted octanol–water partition coefficient (Wildman–Crippen LogP) is 4.84. The first-order chi connectivity index (χ1) is 9.67. The molecule has 0 aliphatic rings. The van der Waals surface area contributed by atoms with Crippen molar-refractivity contribution < 1.29 is 31.1 Å². The van der Waals surface area contributed by atoms with Crippen LogP contribution in [0.15, 0.2) is 9.21 Å². The fraction of sp³-hybridized carbons (Fsp3) is 0.375. The van der Waals surface area contributed by atoms with Gasteiger partial charge in [-0.15, -0.1) is 0 Å². The summed E-state index contributed by atoms with van der Waals surface area (Å²) in [6.45, 7) is 0. The van der Waals surface area contributed by atoms with Crippen molar-refractivity contribution in [2.24, 2.45) is 0 Å². The highest BCUT2D eigenvalue weighted by molar-refractivity contribution is 9.25. The second-order valence-electron chi connectivity index (χ2n) is 3.20. The molecule has 22 heavy (non-hydrogen) atoms. The number of anilines is 1.